The number of nitrogens with one attached hydrogen (secondary N) is 1. The van der Waals surface area contributed by atoms with Gasteiger partial charge in [0.1, 0.15) is 5.82 Å². The first kappa shape index (κ1) is 11.6. The maximum Gasteiger partial charge on any atom is 0.123 e. The smallest absolute Gasteiger partial charge is 0.123 e. The molecule has 1 aliphatic rings. The minimum absolute atomic E-state index is 0.194. The molecule has 1 fully saturated rings. The van der Waals surface area contributed by atoms with Crippen molar-refractivity contribution in [2.24, 2.45) is 0 Å². The molecule has 3 heteroatoms. The van der Waals surface area contributed by atoms with Gasteiger partial charge in [-0.3, -0.25) is 0 Å². The van der Waals surface area contributed by atoms with Crippen LogP contribution in [0.25, 0.3) is 0 Å². The van der Waals surface area contributed by atoms with E-state index in [4.69, 9.17) is 0 Å². The summed E-state index contributed by atoms with van der Waals surface area (Å²) in [4.78, 5) is 0. The molecule has 1 saturated carbocycles. The van der Waals surface area contributed by atoms with Crippen molar-refractivity contribution >= 4 is 0 Å². The quantitative estimate of drug-likeness (QED) is 0.747. The van der Waals surface area contributed by atoms with Crippen LogP contribution >= 0.6 is 0 Å². The predicted octanol–water partition coefficient (Wildman–Crippen LogP) is 1.87. The Bertz CT molecular complexity index is 332. The van der Waals surface area contributed by atoms with E-state index in [-0.39, 0.29) is 5.82 Å². The van der Waals surface area contributed by atoms with Gasteiger partial charge in [-0.25, -0.2) is 4.39 Å². The van der Waals surface area contributed by atoms with E-state index in [1.807, 2.05) is 0 Å². The molecule has 0 radical (unpaired) electrons. The molecule has 16 heavy (non-hydrogen) atoms. The van der Waals surface area contributed by atoms with Gasteiger partial charge in [0.25, 0.3) is 0 Å². The first-order valence-electron chi connectivity index (χ1n) is 5.86. The summed E-state index contributed by atoms with van der Waals surface area (Å²) in [6.45, 7) is 1.50. The zero-order chi connectivity index (χ0) is 11.4. The number of hydrogen-bond donors (Lipinski definition) is 2. The van der Waals surface area contributed by atoms with Gasteiger partial charge in [-0.15, -0.1) is 0 Å². The van der Waals surface area contributed by atoms with Crippen molar-refractivity contribution in [1.82, 2.24) is 5.32 Å². The van der Waals surface area contributed by atoms with Crippen molar-refractivity contribution < 1.29 is 9.50 Å². The molecule has 88 valence electrons. The molecule has 1 aromatic carbocycles. The molecule has 0 spiro atoms. The largest absolute Gasteiger partial charge is 0.389 e. The highest BCUT2D eigenvalue weighted by Crippen LogP contribution is 2.30. The van der Waals surface area contributed by atoms with Crippen molar-refractivity contribution in [3.63, 3.8) is 0 Å². The maximum atomic E-state index is 12.6. The van der Waals surface area contributed by atoms with Crippen molar-refractivity contribution in [3.05, 3.63) is 35.6 Å². The highest BCUT2D eigenvalue weighted by atomic mass is 19.1. The lowest BCUT2D eigenvalue weighted by atomic mass is 9.80. The lowest BCUT2D eigenvalue weighted by Crippen LogP contribution is -2.46. The van der Waals surface area contributed by atoms with Gasteiger partial charge in [0.05, 0.1) is 5.60 Å². The van der Waals surface area contributed by atoms with Gasteiger partial charge in [-0.05, 0) is 49.9 Å². The Kier molecular flexibility index (Phi) is 3.56. The van der Waals surface area contributed by atoms with E-state index in [9.17, 15) is 9.50 Å². The lowest BCUT2D eigenvalue weighted by Gasteiger charge is -2.36. The molecule has 0 unspecified atom stereocenters. The summed E-state index contributed by atoms with van der Waals surface area (Å²) in [5, 5.41) is 13.1. The molecule has 0 amide bonds. The second-order valence-corrected chi connectivity index (χ2v) is 4.63. The van der Waals surface area contributed by atoms with Crippen molar-refractivity contribution in [2.75, 3.05) is 13.1 Å². The van der Waals surface area contributed by atoms with Gasteiger partial charge in [0, 0.05) is 6.54 Å². The van der Waals surface area contributed by atoms with Gasteiger partial charge in [-0.2, -0.15) is 0 Å². The summed E-state index contributed by atoms with van der Waals surface area (Å²) in [6, 6.07) is 6.56. The lowest BCUT2D eigenvalue weighted by molar-refractivity contribution is -0.0310. The van der Waals surface area contributed by atoms with Gasteiger partial charge in [0.15, 0.2) is 0 Å². The summed E-state index contributed by atoms with van der Waals surface area (Å²) < 4.78 is 12.6. The van der Waals surface area contributed by atoms with Crippen LogP contribution in [-0.2, 0) is 6.42 Å². The fourth-order valence-electron chi connectivity index (χ4n) is 1.97. The first-order valence-corrected chi connectivity index (χ1v) is 5.86. The fourth-order valence-corrected chi connectivity index (χ4v) is 1.97. The topological polar surface area (TPSA) is 32.3 Å². The third kappa shape index (κ3) is 3.03. The average molecular weight is 223 g/mol. The van der Waals surface area contributed by atoms with Gasteiger partial charge >= 0.3 is 0 Å². The van der Waals surface area contributed by atoms with Crippen LogP contribution < -0.4 is 5.32 Å². The van der Waals surface area contributed by atoms with E-state index in [0.717, 1.165) is 37.8 Å². The molecule has 0 heterocycles. The van der Waals surface area contributed by atoms with Crippen LogP contribution in [0.4, 0.5) is 4.39 Å². The molecular formula is C13H18FNO. The number of hydrogen-bond acceptors (Lipinski definition) is 2. The predicted molar refractivity (Wildman–Crippen MR) is 61.8 cm³/mol. The van der Waals surface area contributed by atoms with Crippen LogP contribution in [0.2, 0.25) is 0 Å². The minimum atomic E-state index is -0.456. The Balaban J connectivity index is 1.66. The number of aliphatic hydroxyl groups is 1. The molecule has 2 rings (SSSR count). The van der Waals surface area contributed by atoms with Crippen molar-refractivity contribution in [1.29, 1.82) is 0 Å². The molecule has 0 atom stereocenters. The second kappa shape index (κ2) is 4.93. The van der Waals surface area contributed by atoms with Crippen LogP contribution in [-0.4, -0.2) is 23.8 Å². The van der Waals surface area contributed by atoms with E-state index in [1.54, 1.807) is 12.1 Å². The van der Waals surface area contributed by atoms with Crippen molar-refractivity contribution in [2.45, 2.75) is 31.3 Å². The van der Waals surface area contributed by atoms with E-state index in [1.165, 1.54) is 12.1 Å². The van der Waals surface area contributed by atoms with E-state index in [2.05, 4.69) is 5.32 Å². The fraction of sp³-hybridized carbons (Fsp3) is 0.538. The standard InChI is InChI=1S/C13H18FNO/c14-12-4-2-11(3-5-12)6-9-15-10-13(16)7-1-8-13/h2-5,15-16H,1,6-10H2. The average Bonchev–Trinajstić information content (AvgIpc) is 2.24. The summed E-state index contributed by atoms with van der Waals surface area (Å²) in [6.07, 6.45) is 3.83. The third-order valence-corrected chi connectivity index (χ3v) is 3.24. The number of halogens is 1. The van der Waals surface area contributed by atoms with E-state index in [0.29, 0.717) is 6.54 Å². The van der Waals surface area contributed by atoms with Gasteiger partial charge in [-0.1, -0.05) is 12.1 Å². The van der Waals surface area contributed by atoms with Crippen LogP contribution in [0.15, 0.2) is 24.3 Å². The molecule has 0 aromatic heterocycles. The number of rotatable bonds is 5. The van der Waals surface area contributed by atoms with Crippen LogP contribution in [0.5, 0.6) is 0 Å². The molecular weight excluding hydrogens is 205 g/mol. The minimum Gasteiger partial charge on any atom is -0.389 e. The van der Waals surface area contributed by atoms with Crippen LogP contribution in [0.1, 0.15) is 24.8 Å². The molecule has 2 nitrogen and oxygen atoms in total. The van der Waals surface area contributed by atoms with E-state index >= 15 is 0 Å². The Morgan fingerprint density at radius 3 is 2.50 bits per heavy atom. The Morgan fingerprint density at radius 1 is 1.25 bits per heavy atom. The molecule has 1 aromatic rings. The zero-order valence-corrected chi connectivity index (χ0v) is 9.38. The normalized spacial score (nSPS) is 18.1. The van der Waals surface area contributed by atoms with E-state index < -0.39 is 5.60 Å². The van der Waals surface area contributed by atoms with Gasteiger partial charge in [0.2, 0.25) is 0 Å². The Hall–Kier alpha value is -0.930. The molecule has 0 saturated heterocycles. The number of benzene rings is 1. The Labute approximate surface area is 95.5 Å². The van der Waals surface area contributed by atoms with Crippen LogP contribution in [0.3, 0.4) is 0 Å². The summed E-state index contributed by atoms with van der Waals surface area (Å²) in [7, 11) is 0. The zero-order valence-electron chi connectivity index (χ0n) is 9.38. The maximum absolute atomic E-state index is 12.6. The van der Waals surface area contributed by atoms with Crippen LogP contribution in [0, 0.1) is 5.82 Å². The highest BCUT2D eigenvalue weighted by molar-refractivity contribution is 5.16. The molecule has 1 aliphatic carbocycles. The highest BCUT2D eigenvalue weighted by Gasteiger charge is 2.33. The molecule has 0 aliphatic heterocycles. The Morgan fingerprint density at radius 2 is 1.94 bits per heavy atom. The third-order valence-electron chi connectivity index (χ3n) is 3.24. The molecule has 0 bridgehead atoms. The second-order valence-electron chi connectivity index (χ2n) is 4.63. The SMILES string of the molecule is OC1(CNCCc2ccc(F)cc2)CCC1. The van der Waals surface area contributed by atoms with Gasteiger partial charge < -0.3 is 10.4 Å². The summed E-state index contributed by atoms with van der Waals surface area (Å²) >= 11 is 0. The molecule has 2 N–H and O–H groups in total. The summed E-state index contributed by atoms with van der Waals surface area (Å²) in [5.74, 6) is -0.194. The first-order chi connectivity index (χ1) is 7.68. The summed E-state index contributed by atoms with van der Waals surface area (Å²) in [5.41, 5.74) is 0.664. The van der Waals surface area contributed by atoms with Crippen molar-refractivity contribution in [3.8, 4) is 0 Å². The monoisotopic (exact) mass is 223 g/mol.